The van der Waals surface area contributed by atoms with Crippen molar-refractivity contribution >= 4 is 27.5 Å². The molecule has 4 aliphatic carbocycles. The van der Waals surface area contributed by atoms with E-state index < -0.39 is 5.82 Å². The Kier molecular flexibility index (Phi) is 3.96. The summed E-state index contributed by atoms with van der Waals surface area (Å²) >= 11 is 3.22. The zero-order chi connectivity index (χ0) is 16.0. The molecule has 0 heterocycles. The van der Waals surface area contributed by atoms with Crippen molar-refractivity contribution in [1.82, 2.24) is 5.32 Å². The molecule has 2 N–H and O–H groups in total. The smallest absolute Gasteiger partial charge is 0.238 e. The number of carbonyl (C=O) groups is 1. The fourth-order valence-electron chi connectivity index (χ4n) is 5.38. The van der Waals surface area contributed by atoms with E-state index in [-0.39, 0.29) is 23.7 Å². The average molecular weight is 381 g/mol. The number of hydrogen-bond acceptors (Lipinski definition) is 2. The van der Waals surface area contributed by atoms with Gasteiger partial charge in [0, 0.05) is 10.0 Å². The van der Waals surface area contributed by atoms with Crippen LogP contribution in [0.2, 0.25) is 0 Å². The Morgan fingerprint density at radius 1 is 1.17 bits per heavy atom. The van der Waals surface area contributed by atoms with Crippen LogP contribution in [0.1, 0.15) is 38.5 Å². The van der Waals surface area contributed by atoms with Crippen LogP contribution in [-0.4, -0.2) is 18.0 Å². The van der Waals surface area contributed by atoms with E-state index in [0.717, 1.165) is 17.8 Å². The van der Waals surface area contributed by atoms with E-state index in [0.29, 0.717) is 4.47 Å². The van der Waals surface area contributed by atoms with Crippen LogP contribution >= 0.6 is 15.9 Å². The van der Waals surface area contributed by atoms with Crippen LogP contribution in [0.5, 0.6) is 0 Å². The molecule has 4 saturated carbocycles. The van der Waals surface area contributed by atoms with Gasteiger partial charge in [0.2, 0.25) is 5.91 Å². The molecule has 1 amide bonds. The Labute approximate surface area is 144 Å². The fraction of sp³-hybridized carbons (Fsp3) is 0.611. The minimum atomic E-state index is -0.414. The average Bonchev–Trinajstić information content (AvgIpc) is 2.47. The molecule has 23 heavy (non-hydrogen) atoms. The minimum absolute atomic E-state index is 0.157. The van der Waals surface area contributed by atoms with E-state index >= 15 is 0 Å². The van der Waals surface area contributed by atoms with Gasteiger partial charge in [0.15, 0.2) is 0 Å². The Hall–Kier alpha value is -0.940. The number of rotatable bonds is 4. The van der Waals surface area contributed by atoms with E-state index in [1.807, 2.05) is 0 Å². The molecular weight excluding hydrogens is 359 g/mol. The van der Waals surface area contributed by atoms with Crippen molar-refractivity contribution in [2.45, 2.75) is 44.1 Å². The van der Waals surface area contributed by atoms with Gasteiger partial charge in [-0.2, -0.15) is 0 Å². The van der Waals surface area contributed by atoms with Gasteiger partial charge in [-0.05, 0) is 74.5 Å². The molecule has 4 bridgehead atoms. The topological polar surface area (TPSA) is 41.1 Å². The molecule has 5 rings (SSSR count). The number of carbonyl (C=O) groups excluding carboxylic acids is 1. The molecule has 0 aromatic heterocycles. The van der Waals surface area contributed by atoms with Crippen LogP contribution < -0.4 is 10.6 Å². The Morgan fingerprint density at radius 2 is 1.78 bits per heavy atom. The van der Waals surface area contributed by atoms with Crippen LogP contribution in [0.15, 0.2) is 22.7 Å². The summed E-state index contributed by atoms with van der Waals surface area (Å²) in [6.07, 6.45) is 7.78. The molecule has 1 aromatic carbocycles. The van der Waals surface area contributed by atoms with Gasteiger partial charge >= 0.3 is 0 Å². The Bertz CT molecular complexity index is 598. The van der Waals surface area contributed by atoms with Gasteiger partial charge in [0.1, 0.15) is 5.82 Å². The van der Waals surface area contributed by atoms with Crippen molar-refractivity contribution in [2.24, 2.45) is 17.8 Å². The SMILES string of the molecule is O=C(CNC12CC3CC(CC(C3)C1)C2)Nc1ccc(Br)cc1F. The van der Waals surface area contributed by atoms with Crippen LogP contribution in [-0.2, 0) is 4.79 Å². The molecule has 124 valence electrons. The summed E-state index contributed by atoms with van der Waals surface area (Å²) in [6.45, 7) is 0.266. The quantitative estimate of drug-likeness (QED) is 0.825. The first kappa shape index (κ1) is 15.6. The highest BCUT2D eigenvalue weighted by molar-refractivity contribution is 9.10. The Balaban J connectivity index is 1.36. The maximum atomic E-state index is 13.8. The summed E-state index contributed by atoms with van der Waals surface area (Å²) in [7, 11) is 0. The summed E-state index contributed by atoms with van der Waals surface area (Å²) in [4.78, 5) is 12.2. The normalized spacial score (nSPS) is 34.6. The number of hydrogen-bond donors (Lipinski definition) is 2. The second-order valence-electron chi connectivity index (χ2n) is 7.72. The predicted octanol–water partition coefficient (Wildman–Crippen LogP) is 4.09. The lowest BCUT2D eigenvalue weighted by Gasteiger charge is -2.57. The zero-order valence-electron chi connectivity index (χ0n) is 13.1. The zero-order valence-corrected chi connectivity index (χ0v) is 14.7. The van der Waals surface area contributed by atoms with Gasteiger partial charge in [-0.1, -0.05) is 15.9 Å². The third kappa shape index (κ3) is 3.18. The second-order valence-corrected chi connectivity index (χ2v) is 8.64. The fourth-order valence-corrected chi connectivity index (χ4v) is 5.71. The van der Waals surface area contributed by atoms with E-state index in [1.165, 1.54) is 44.6 Å². The number of halogens is 2. The van der Waals surface area contributed by atoms with Crippen molar-refractivity contribution in [2.75, 3.05) is 11.9 Å². The lowest BCUT2D eigenvalue weighted by molar-refractivity contribution is -0.116. The molecule has 0 atom stereocenters. The molecule has 4 aliphatic rings. The first-order valence-corrected chi connectivity index (χ1v) is 9.31. The molecule has 0 aliphatic heterocycles. The maximum Gasteiger partial charge on any atom is 0.238 e. The van der Waals surface area contributed by atoms with Gasteiger partial charge in [0.25, 0.3) is 0 Å². The predicted molar refractivity (Wildman–Crippen MR) is 91.6 cm³/mol. The number of benzene rings is 1. The number of nitrogens with one attached hydrogen (secondary N) is 2. The molecule has 1 aromatic rings. The molecule has 0 spiro atoms. The lowest BCUT2D eigenvalue weighted by Crippen LogP contribution is -2.59. The highest BCUT2D eigenvalue weighted by atomic mass is 79.9. The first-order valence-electron chi connectivity index (χ1n) is 8.51. The monoisotopic (exact) mass is 380 g/mol. The standard InChI is InChI=1S/C18H22BrFN2O/c19-14-1-2-16(15(20)6-14)22-17(23)10-21-18-7-11-3-12(8-18)5-13(4-11)9-18/h1-2,6,11-13,21H,3-5,7-10H2,(H,22,23). The molecule has 4 fully saturated rings. The maximum absolute atomic E-state index is 13.8. The van der Waals surface area contributed by atoms with Gasteiger partial charge in [-0.3, -0.25) is 4.79 Å². The number of amides is 1. The van der Waals surface area contributed by atoms with Gasteiger partial charge < -0.3 is 10.6 Å². The van der Waals surface area contributed by atoms with Crippen LogP contribution in [0, 0.1) is 23.6 Å². The largest absolute Gasteiger partial charge is 0.322 e. The van der Waals surface area contributed by atoms with Crippen molar-refractivity contribution in [3.05, 3.63) is 28.5 Å². The van der Waals surface area contributed by atoms with Crippen LogP contribution in [0.25, 0.3) is 0 Å². The molecular formula is C18H22BrFN2O. The van der Waals surface area contributed by atoms with Gasteiger partial charge in [-0.25, -0.2) is 4.39 Å². The summed E-state index contributed by atoms with van der Waals surface area (Å²) in [5.74, 6) is 1.96. The van der Waals surface area contributed by atoms with E-state index in [4.69, 9.17) is 0 Å². The van der Waals surface area contributed by atoms with Gasteiger partial charge in [0.05, 0.1) is 12.2 Å². The summed E-state index contributed by atoms with van der Waals surface area (Å²) in [6, 6.07) is 4.68. The van der Waals surface area contributed by atoms with Crippen LogP contribution in [0.4, 0.5) is 10.1 Å². The summed E-state index contributed by atoms with van der Waals surface area (Å²) in [5, 5.41) is 6.21. The highest BCUT2D eigenvalue weighted by Crippen LogP contribution is 2.55. The van der Waals surface area contributed by atoms with E-state index in [2.05, 4.69) is 26.6 Å². The van der Waals surface area contributed by atoms with Crippen molar-refractivity contribution in [3.8, 4) is 0 Å². The molecule has 5 heteroatoms. The third-order valence-electron chi connectivity index (χ3n) is 5.87. The lowest BCUT2D eigenvalue weighted by atomic mass is 9.53. The minimum Gasteiger partial charge on any atom is -0.322 e. The van der Waals surface area contributed by atoms with Crippen LogP contribution in [0.3, 0.4) is 0 Å². The number of anilines is 1. The van der Waals surface area contributed by atoms with Crippen molar-refractivity contribution in [1.29, 1.82) is 0 Å². The molecule has 3 nitrogen and oxygen atoms in total. The van der Waals surface area contributed by atoms with Crippen molar-refractivity contribution < 1.29 is 9.18 Å². The molecule has 0 saturated heterocycles. The first-order chi connectivity index (χ1) is 11.0. The Morgan fingerprint density at radius 3 is 2.35 bits per heavy atom. The van der Waals surface area contributed by atoms with E-state index in [9.17, 15) is 9.18 Å². The summed E-state index contributed by atoms with van der Waals surface area (Å²) in [5.41, 5.74) is 0.398. The van der Waals surface area contributed by atoms with E-state index in [1.54, 1.807) is 12.1 Å². The van der Waals surface area contributed by atoms with Crippen molar-refractivity contribution in [3.63, 3.8) is 0 Å². The van der Waals surface area contributed by atoms with Gasteiger partial charge in [-0.15, -0.1) is 0 Å². The highest BCUT2D eigenvalue weighted by Gasteiger charge is 2.50. The second kappa shape index (κ2) is 5.85. The molecule has 0 radical (unpaired) electrons. The summed E-state index contributed by atoms with van der Waals surface area (Å²) < 4.78 is 14.5. The third-order valence-corrected chi connectivity index (χ3v) is 6.36. The molecule has 0 unspecified atom stereocenters.